The second kappa shape index (κ2) is 7.67. The van der Waals surface area contributed by atoms with Gasteiger partial charge in [0.25, 0.3) is 0 Å². The van der Waals surface area contributed by atoms with Gasteiger partial charge >= 0.3 is 0 Å². The highest BCUT2D eigenvalue weighted by molar-refractivity contribution is 5.80. The topological polar surface area (TPSA) is 58.5 Å². The summed E-state index contributed by atoms with van der Waals surface area (Å²) in [6, 6.07) is 4.37. The molecule has 0 radical (unpaired) electrons. The number of aromatic nitrogens is 1. The highest BCUT2D eigenvalue weighted by atomic mass is 16.5. The van der Waals surface area contributed by atoms with Gasteiger partial charge in [0.2, 0.25) is 5.88 Å². The number of guanidine groups is 1. The molecule has 2 rings (SSSR count). The minimum absolute atomic E-state index is 0.143. The summed E-state index contributed by atoms with van der Waals surface area (Å²) in [6.07, 6.45) is 8.48. The van der Waals surface area contributed by atoms with Crippen molar-refractivity contribution >= 4 is 5.96 Å². The lowest BCUT2D eigenvalue weighted by molar-refractivity contribution is 0.232. The molecular weight excluding hydrogens is 264 g/mol. The van der Waals surface area contributed by atoms with Gasteiger partial charge in [-0.3, -0.25) is 4.99 Å². The van der Waals surface area contributed by atoms with Crippen LogP contribution in [-0.2, 0) is 6.54 Å². The number of nitrogens with one attached hydrogen (secondary N) is 2. The summed E-state index contributed by atoms with van der Waals surface area (Å²) in [4.78, 5) is 8.54. The Bertz CT molecular complexity index is 486. The molecule has 0 unspecified atom stereocenters. The van der Waals surface area contributed by atoms with Gasteiger partial charge in [-0.15, -0.1) is 0 Å². The van der Waals surface area contributed by atoms with Crippen LogP contribution in [0.3, 0.4) is 0 Å². The first kappa shape index (κ1) is 15.4. The van der Waals surface area contributed by atoms with Crippen molar-refractivity contribution in [2.45, 2.75) is 45.4 Å². The Balaban J connectivity index is 1.80. The molecule has 1 heterocycles. The number of hydrogen-bond donors (Lipinski definition) is 2. The molecule has 2 N–H and O–H groups in total. The number of rotatable bonds is 5. The summed E-state index contributed by atoms with van der Waals surface area (Å²) < 4.78 is 5.53. The van der Waals surface area contributed by atoms with Crippen LogP contribution in [0.2, 0.25) is 0 Å². The number of pyridine rings is 1. The van der Waals surface area contributed by atoms with E-state index in [0.29, 0.717) is 18.5 Å². The Labute approximate surface area is 126 Å². The van der Waals surface area contributed by atoms with Crippen LogP contribution in [-0.4, -0.2) is 30.1 Å². The van der Waals surface area contributed by atoms with Crippen molar-refractivity contribution in [1.29, 1.82) is 0 Å². The zero-order valence-corrected chi connectivity index (χ0v) is 13.0. The summed E-state index contributed by atoms with van der Waals surface area (Å²) in [5.41, 5.74) is 1.10. The van der Waals surface area contributed by atoms with Crippen LogP contribution < -0.4 is 15.4 Å². The Morgan fingerprint density at radius 3 is 2.71 bits per heavy atom. The molecule has 5 heteroatoms. The number of nitrogens with zero attached hydrogens (tertiary/aromatic N) is 2. The van der Waals surface area contributed by atoms with Crippen LogP contribution in [0, 0.1) is 0 Å². The van der Waals surface area contributed by atoms with Gasteiger partial charge in [-0.1, -0.05) is 18.2 Å². The molecule has 1 aromatic heterocycles. The van der Waals surface area contributed by atoms with E-state index in [4.69, 9.17) is 4.74 Å². The smallest absolute Gasteiger partial charge is 0.213 e. The maximum absolute atomic E-state index is 5.53. The standard InChI is InChI=1S/C16H24N4O/c1-12(2)21-15-9-8-13(10-18-15)11-19-16(17-3)20-14-6-4-5-7-14/h4-5,8-10,12,14H,6-7,11H2,1-3H3,(H2,17,19,20). The average molecular weight is 288 g/mol. The van der Waals surface area contributed by atoms with E-state index in [1.54, 1.807) is 7.05 Å². The summed E-state index contributed by atoms with van der Waals surface area (Å²) >= 11 is 0. The van der Waals surface area contributed by atoms with Crippen molar-refractivity contribution in [3.8, 4) is 5.88 Å². The lowest BCUT2D eigenvalue weighted by atomic mass is 10.2. The maximum atomic E-state index is 5.53. The number of ether oxygens (including phenoxy) is 1. The van der Waals surface area contributed by atoms with E-state index >= 15 is 0 Å². The lowest BCUT2D eigenvalue weighted by Gasteiger charge is -2.17. The largest absolute Gasteiger partial charge is 0.475 e. The third-order valence-corrected chi connectivity index (χ3v) is 3.19. The fourth-order valence-corrected chi connectivity index (χ4v) is 2.14. The minimum atomic E-state index is 0.143. The van der Waals surface area contributed by atoms with E-state index in [0.717, 1.165) is 24.4 Å². The van der Waals surface area contributed by atoms with Gasteiger partial charge in [-0.05, 0) is 32.3 Å². The second-order valence-corrected chi connectivity index (χ2v) is 5.38. The van der Waals surface area contributed by atoms with Crippen molar-refractivity contribution < 1.29 is 4.74 Å². The quantitative estimate of drug-likeness (QED) is 0.496. The summed E-state index contributed by atoms with van der Waals surface area (Å²) in [5.74, 6) is 1.49. The van der Waals surface area contributed by atoms with Crippen molar-refractivity contribution in [3.63, 3.8) is 0 Å². The van der Waals surface area contributed by atoms with Crippen LogP contribution in [0.25, 0.3) is 0 Å². The average Bonchev–Trinajstić information content (AvgIpc) is 2.97. The molecule has 1 aromatic rings. The Kier molecular flexibility index (Phi) is 5.60. The molecular formula is C16H24N4O. The fourth-order valence-electron chi connectivity index (χ4n) is 2.14. The van der Waals surface area contributed by atoms with Crippen LogP contribution >= 0.6 is 0 Å². The van der Waals surface area contributed by atoms with Gasteiger partial charge in [-0.2, -0.15) is 0 Å². The van der Waals surface area contributed by atoms with Gasteiger partial charge in [0, 0.05) is 31.9 Å². The molecule has 0 saturated carbocycles. The monoisotopic (exact) mass is 288 g/mol. The molecule has 1 aliphatic rings. The molecule has 0 fully saturated rings. The van der Waals surface area contributed by atoms with Gasteiger partial charge in [-0.25, -0.2) is 4.98 Å². The predicted octanol–water partition coefficient (Wildman–Crippen LogP) is 2.25. The van der Waals surface area contributed by atoms with Crippen molar-refractivity contribution in [3.05, 3.63) is 36.0 Å². The third-order valence-electron chi connectivity index (χ3n) is 3.19. The van der Waals surface area contributed by atoms with Gasteiger partial charge < -0.3 is 15.4 Å². The summed E-state index contributed by atoms with van der Waals surface area (Å²) in [5, 5.41) is 6.71. The number of aliphatic imine (C=N–C) groups is 1. The van der Waals surface area contributed by atoms with E-state index in [1.165, 1.54) is 0 Å². The van der Waals surface area contributed by atoms with Crippen molar-refractivity contribution in [2.75, 3.05) is 7.05 Å². The lowest BCUT2D eigenvalue weighted by Crippen LogP contribution is -2.42. The molecule has 0 atom stereocenters. The predicted molar refractivity (Wildman–Crippen MR) is 85.5 cm³/mol. The zero-order chi connectivity index (χ0) is 15.1. The molecule has 21 heavy (non-hydrogen) atoms. The van der Waals surface area contributed by atoms with Crippen LogP contribution in [0.15, 0.2) is 35.5 Å². The second-order valence-electron chi connectivity index (χ2n) is 5.38. The van der Waals surface area contributed by atoms with Crippen molar-refractivity contribution in [1.82, 2.24) is 15.6 Å². The molecule has 0 aliphatic heterocycles. The molecule has 114 valence electrons. The van der Waals surface area contributed by atoms with E-state index < -0.39 is 0 Å². The van der Waals surface area contributed by atoms with E-state index in [2.05, 4.69) is 32.8 Å². The van der Waals surface area contributed by atoms with E-state index in [1.807, 2.05) is 32.2 Å². The first-order chi connectivity index (χ1) is 10.2. The highest BCUT2D eigenvalue weighted by Crippen LogP contribution is 2.10. The highest BCUT2D eigenvalue weighted by Gasteiger charge is 2.11. The Morgan fingerprint density at radius 2 is 2.14 bits per heavy atom. The molecule has 0 aromatic carbocycles. The Hall–Kier alpha value is -2.04. The van der Waals surface area contributed by atoms with Gasteiger partial charge in [0.15, 0.2) is 5.96 Å². The number of hydrogen-bond acceptors (Lipinski definition) is 3. The van der Waals surface area contributed by atoms with Gasteiger partial charge in [0.05, 0.1) is 6.10 Å². The van der Waals surface area contributed by atoms with Gasteiger partial charge in [0.1, 0.15) is 0 Å². The molecule has 1 aliphatic carbocycles. The van der Waals surface area contributed by atoms with Crippen LogP contribution in [0.4, 0.5) is 0 Å². The third kappa shape index (κ3) is 5.10. The molecule has 0 saturated heterocycles. The summed E-state index contributed by atoms with van der Waals surface area (Å²) in [7, 11) is 1.79. The Morgan fingerprint density at radius 1 is 1.38 bits per heavy atom. The zero-order valence-electron chi connectivity index (χ0n) is 13.0. The normalized spacial score (nSPS) is 15.5. The van der Waals surface area contributed by atoms with Crippen molar-refractivity contribution in [2.24, 2.45) is 4.99 Å². The van der Waals surface area contributed by atoms with Crippen LogP contribution in [0.5, 0.6) is 5.88 Å². The van der Waals surface area contributed by atoms with Crippen LogP contribution in [0.1, 0.15) is 32.3 Å². The van der Waals surface area contributed by atoms with E-state index in [9.17, 15) is 0 Å². The molecule has 0 spiro atoms. The maximum Gasteiger partial charge on any atom is 0.213 e. The SMILES string of the molecule is CN=C(NCc1ccc(OC(C)C)nc1)NC1CC=CC1. The van der Waals surface area contributed by atoms with E-state index in [-0.39, 0.29) is 6.10 Å². The minimum Gasteiger partial charge on any atom is -0.475 e. The molecule has 5 nitrogen and oxygen atoms in total. The first-order valence-corrected chi connectivity index (χ1v) is 7.41. The first-order valence-electron chi connectivity index (χ1n) is 7.41. The summed E-state index contributed by atoms with van der Waals surface area (Å²) in [6.45, 7) is 4.67. The molecule has 0 amide bonds. The molecule has 0 bridgehead atoms. The fraction of sp³-hybridized carbons (Fsp3) is 0.500.